The number of carbonyl (C=O) groups is 2. The van der Waals surface area contributed by atoms with Crippen LogP contribution in [0, 0.1) is 0 Å². The molecular formula is C22H28N2O7S2. The van der Waals surface area contributed by atoms with E-state index in [1.807, 2.05) is 0 Å². The summed E-state index contributed by atoms with van der Waals surface area (Å²) in [6.07, 6.45) is 4.56. The van der Waals surface area contributed by atoms with Crippen molar-refractivity contribution < 1.29 is 32.2 Å². The van der Waals surface area contributed by atoms with Crippen molar-refractivity contribution in [2.75, 3.05) is 43.2 Å². The minimum atomic E-state index is -3.85. The first-order chi connectivity index (χ1) is 15.7. The van der Waals surface area contributed by atoms with Crippen molar-refractivity contribution >= 4 is 43.9 Å². The zero-order chi connectivity index (χ0) is 24.2. The highest BCUT2D eigenvalue weighted by Gasteiger charge is 2.29. The van der Waals surface area contributed by atoms with Crippen LogP contribution in [0.4, 0.5) is 10.7 Å². The number of nitrogens with one attached hydrogen (secondary N) is 1. The molecule has 0 unspecified atom stereocenters. The monoisotopic (exact) mass is 496 g/mol. The molecule has 1 aliphatic rings. The van der Waals surface area contributed by atoms with Crippen LogP contribution in [0.15, 0.2) is 18.2 Å². The number of benzene rings is 1. The number of aryl methyl sites for hydroxylation is 1. The highest BCUT2D eigenvalue weighted by atomic mass is 32.2. The lowest BCUT2D eigenvalue weighted by atomic mass is 9.95. The number of anilines is 2. The lowest BCUT2D eigenvalue weighted by molar-refractivity contribution is -0.114. The van der Waals surface area contributed by atoms with Crippen LogP contribution in [0.1, 0.15) is 40.6 Å². The minimum Gasteiger partial charge on any atom is -0.497 e. The lowest BCUT2D eigenvalue weighted by Gasteiger charge is -2.24. The van der Waals surface area contributed by atoms with Gasteiger partial charge in [-0.2, -0.15) is 0 Å². The average Bonchev–Trinajstić information content (AvgIpc) is 3.14. The third-order valence-electron chi connectivity index (χ3n) is 5.25. The molecule has 180 valence electrons. The molecule has 0 saturated carbocycles. The van der Waals surface area contributed by atoms with E-state index < -0.39 is 28.4 Å². The second-order valence-electron chi connectivity index (χ2n) is 7.49. The van der Waals surface area contributed by atoms with E-state index >= 15 is 0 Å². The van der Waals surface area contributed by atoms with Crippen LogP contribution in [0.3, 0.4) is 0 Å². The quantitative estimate of drug-likeness (QED) is 0.531. The van der Waals surface area contributed by atoms with E-state index in [0.29, 0.717) is 16.3 Å². The van der Waals surface area contributed by atoms with Gasteiger partial charge >= 0.3 is 5.97 Å². The highest BCUT2D eigenvalue weighted by molar-refractivity contribution is 7.92. The molecule has 0 aliphatic heterocycles. The molecule has 1 aromatic carbocycles. The molecule has 1 amide bonds. The maximum absolute atomic E-state index is 13.0. The fourth-order valence-electron chi connectivity index (χ4n) is 3.74. The summed E-state index contributed by atoms with van der Waals surface area (Å²) in [5.74, 6) is -0.390. The summed E-state index contributed by atoms with van der Waals surface area (Å²) < 4.78 is 41.8. The SMILES string of the molecule is CCOC(=O)c1c(NC(=O)CN(c2cc(OC)ccc2OC)S(C)(=O)=O)sc2c1CCCC2. The van der Waals surface area contributed by atoms with Crippen LogP contribution in [-0.2, 0) is 32.4 Å². The van der Waals surface area contributed by atoms with Crippen molar-refractivity contribution in [2.45, 2.75) is 32.6 Å². The second kappa shape index (κ2) is 10.4. The highest BCUT2D eigenvalue weighted by Crippen LogP contribution is 2.39. The third kappa shape index (κ3) is 5.59. The fourth-order valence-corrected chi connectivity index (χ4v) is 5.89. The van der Waals surface area contributed by atoms with Gasteiger partial charge in [0.2, 0.25) is 15.9 Å². The molecule has 33 heavy (non-hydrogen) atoms. The van der Waals surface area contributed by atoms with Crippen LogP contribution in [0.2, 0.25) is 0 Å². The van der Waals surface area contributed by atoms with Gasteiger partial charge in [0.05, 0.1) is 38.3 Å². The zero-order valence-electron chi connectivity index (χ0n) is 19.1. The van der Waals surface area contributed by atoms with Gasteiger partial charge in [-0.3, -0.25) is 9.10 Å². The Morgan fingerprint density at radius 3 is 2.52 bits per heavy atom. The van der Waals surface area contributed by atoms with Crippen molar-refractivity contribution in [1.82, 2.24) is 0 Å². The van der Waals surface area contributed by atoms with Crippen LogP contribution >= 0.6 is 11.3 Å². The van der Waals surface area contributed by atoms with Crippen molar-refractivity contribution in [2.24, 2.45) is 0 Å². The van der Waals surface area contributed by atoms with E-state index in [9.17, 15) is 18.0 Å². The summed E-state index contributed by atoms with van der Waals surface area (Å²) >= 11 is 1.34. The number of carbonyl (C=O) groups excluding carboxylic acids is 2. The standard InChI is InChI=1S/C22H28N2O7S2/c1-5-31-22(26)20-15-8-6-7-9-18(15)32-21(20)23-19(25)13-24(33(4,27)28)16-12-14(29-2)10-11-17(16)30-3/h10-12H,5-9,13H2,1-4H3,(H,23,25). The van der Waals surface area contributed by atoms with Gasteiger partial charge in [0.1, 0.15) is 23.0 Å². The molecule has 1 aromatic heterocycles. The molecule has 9 nitrogen and oxygen atoms in total. The van der Waals surface area contributed by atoms with E-state index in [4.69, 9.17) is 14.2 Å². The predicted octanol–water partition coefficient (Wildman–Crippen LogP) is 3.23. The molecular weight excluding hydrogens is 468 g/mol. The van der Waals surface area contributed by atoms with Gasteiger partial charge in [-0.15, -0.1) is 11.3 Å². The number of nitrogens with zero attached hydrogens (tertiary/aromatic N) is 1. The zero-order valence-corrected chi connectivity index (χ0v) is 20.7. The number of amides is 1. The Balaban J connectivity index is 1.93. The summed E-state index contributed by atoms with van der Waals surface area (Å²) in [5.41, 5.74) is 1.45. The number of methoxy groups -OCH3 is 2. The van der Waals surface area contributed by atoms with Gasteiger partial charge in [-0.05, 0) is 50.3 Å². The first kappa shape index (κ1) is 24.8. The summed E-state index contributed by atoms with van der Waals surface area (Å²) in [6.45, 7) is 1.43. The Labute approximate surface area is 197 Å². The number of fused-ring (bicyclic) bond motifs is 1. The van der Waals surface area contributed by atoms with E-state index in [1.165, 1.54) is 31.6 Å². The smallest absolute Gasteiger partial charge is 0.341 e. The van der Waals surface area contributed by atoms with Crippen LogP contribution < -0.4 is 19.1 Å². The normalized spacial score (nSPS) is 13.1. The van der Waals surface area contributed by atoms with Crippen molar-refractivity contribution in [3.05, 3.63) is 34.2 Å². The van der Waals surface area contributed by atoms with Crippen molar-refractivity contribution in [1.29, 1.82) is 0 Å². The topological polar surface area (TPSA) is 111 Å². The van der Waals surface area contributed by atoms with E-state index in [2.05, 4.69) is 5.32 Å². The van der Waals surface area contributed by atoms with E-state index in [-0.39, 0.29) is 18.0 Å². The lowest BCUT2D eigenvalue weighted by Crippen LogP contribution is -2.37. The summed E-state index contributed by atoms with van der Waals surface area (Å²) in [7, 11) is -0.984. The van der Waals surface area contributed by atoms with E-state index in [0.717, 1.165) is 46.7 Å². The molecule has 0 atom stereocenters. The summed E-state index contributed by atoms with van der Waals surface area (Å²) in [4.78, 5) is 26.7. The Morgan fingerprint density at radius 2 is 1.88 bits per heavy atom. The number of thiophene rings is 1. The average molecular weight is 497 g/mol. The second-order valence-corrected chi connectivity index (χ2v) is 10.5. The van der Waals surface area contributed by atoms with Gasteiger partial charge in [-0.1, -0.05) is 0 Å². The Morgan fingerprint density at radius 1 is 1.15 bits per heavy atom. The number of hydrogen-bond donors (Lipinski definition) is 1. The third-order valence-corrected chi connectivity index (χ3v) is 7.58. The molecule has 3 rings (SSSR count). The van der Waals surface area contributed by atoms with Gasteiger partial charge in [0.25, 0.3) is 0 Å². The molecule has 1 N–H and O–H groups in total. The molecule has 0 fully saturated rings. The molecule has 11 heteroatoms. The predicted molar refractivity (Wildman–Crippen MR) is 127 cm³/mol. The van der Waals surface area contributed by atoms with Gasteiger partial charge in [0.15, 0.2) is 0 Å². The molecule has 0 bridgehead atoms. The summed E-state index contributed by atoms with van der Waals surface area (Å²) in [5, 5.41) is 3.13. The van der Waals surface area contributed by atoms with Gasteiger partial charge in [0, 0.05) is 10.9 Å². The molecule has 1 heterocycles. The number of rotatable bonds is 9. The van der Waals surface area contributed by atoms with Crippen molar-refractivity contribution in [3.8, 4) is 11.5 Å². The first-order valence-electron chi connectivity index (χ1n) is 10.5. The van der Waals surface area contributed by atoms with Crippen LogP contribution in [-0.4, -0.2) is 53.9 Å². The van der Waals surface area contributed by atoms with Gasteiger partial charge in [-0.25, -0.2) is 13.2 Å². The summed E-state index contributed by atoms with van der Waals surface area (Å²) in [6, 6.07) is 4.68. The number of ether oxygens (including phenoxy) is 3. The van der Waals surface area contributed by atoms with Crippen molar-refractivity contribution in [3.63, 3.8) is 0 Å². The molecule has 0 radical (unpaired) electrons. The van der Waals surface area contributed by atoms with Crippen LogP contribution in [0.25, 0.3) is 0 Å². The Hall–Kier alpha value is -2.79. The molecule has 0 saturated heterocycles. The maximum Gasteiger partial charge on any atom is 0.341 e. The Kier molecular flexibility index (Phi) is 7.85. The molecule has 1 aliphatic carbocycles. The van der Waals surface area contributed by atoms with Crippen LogP contribution in [0.5, 0.6) is 11.5 Å². The fraction of sp³-hybridized carbons (Fsp3) is 0.455. The molecule has 0 spiro atoms. The number of sulfonamides is 1. The number of esters is 1. The maximum atomic E-state index is 13.0. The molecule has 2 aromatic rings. The number of hydrogen-bond acceptors (Lipinski definition) is 8. The van der Waals surface area contributed by atoms with E-state index in [1.54, 1.807) is 19.1 Å². The minimum absolute atomic E-state index is 0.172. The Bertz CT molecular complexity index is 1140. The largest absolute Gasteiger partial charge is 0.497 e. The van der Waals surface area contributed by atoms with Gasteiger partial charge < -0.3 is 19.5 Å². The first-order valence-corrected chi connectivity index (χ1v) is 13.2.